The maximum atomic E-state index is 13.8. The Morgan fingerprint density at radius 3 is 2.84 bits per heavy atom. The van der Waals surface area contributed by atoms with Crippen LogP contribution in [0.25, 0.3) is 0 Å². The molecule has 19 heavy (non-hydrogen) atoms. The van der Waals surface area contributed by atoms with Crippen LogP contribution in [0.2, 0.25) is 0 Å². The average Bonchev–Trinajstić information content (AvgIpc) is 3.04. The van der Waals surface area contributed by atoms with Gasteiger partial charge in [0.25, 0.3) is 0 Å². The van der Waals surface area contributed by atoms with Crippen LogP contribution in [0, 0.1) is 5.82 Å². The van der Waals surface area contributed by atoms with Crippen molar-refractivity contribution >= 4 is 27.6 Å². The second-order valence-corrected chi connectivity index (χ2v) is 5.67. The van der Waals surface area contributed by atoms with Crippen LogP contribution in [0.1, 0.15) is 31.7 Å². The van der Waals surface area contributed by atoms with E-state index in [-0.39, 0.29) is 5.82 Å². The number of halogens is 2. The van der Waals surface area contributed by atoms with Crippen LogP contribution >= 0.6 is 15.9 Å². The lowest BCUT2D eigenvalue weighted by molar-refractivity contribution is 0.524. The van der Waals surface area contributed by atoms with Crippen LogP contribution in [0.3, 0.4) is 0 Å². The van der Waals surface area contributed by atoms with Crippen LogP contribution < -0.4 is 5.32 Å². The summed E-state index contributed by atoms with van der Waals surface area (Å²) in [4.78, 5) is 4.30. The summed E-state index contributed by atoms with van der Waals surface area (Å²) in [6.45, 7) is 0. The highest BCUT2D eigenvalue weighted by atomic mass is 79.9. The van der Waals surface area contributed by atoms with Crippen molar-refractivity contribution in [2.24, 2.45) is 0 Å². The van der Waals surface area contributed by atoms with Gasteiger partial charge in [-0.25, -0.2) is 9.37 Å². The van der Waals surface area contributed by atoms with Gasteiger partial charge in [0.1, 0.15) is 5.82 Å². The van der Waals surface area contributed by atoms with E-state index in [1.807, 2.05) is 12.3 Å². The number of para-hydroxylation sites is 1. The predicted molar refractivity (Wildman–Crippen MR) is 77.1 cm³/mol. The van der Waals surface area contributed by atoms with Crippen LogP contribution in [-0.4, -0.2) is 9.55 Å². The molecule has 3 rings (SSSR count). The van der Waals surface area contributed by atoms with Gasteiger partial charge in [0.05, 0.1) is 5.69 Å². The van der Waals surface area contributed by atoms with Crippen molar-refractivity contribution in [2.45, 2.75) is 31.7 Å². The first-order valence-electron chi connectivity index (χ1n) is 6.49. The zero-order chi connectivity index (χ0) is 13.2. The molecule has 1 N–H and O–H groups in total. The van der Waals surface area contributed by atoms with Gasteiger partial charge < -0.3 is 9.88 Å². The summed E-state index contributed by atoms with van der Waals surface area (Å²) in [6.07, 6.45) is 8.58. The summed E-state index contributed by atoms with van der Waals surface area (Å²) in [5.41, 5.74) is 0.438. The van der Waals surface area contributed by atoms with Gasteiger partial charge in [0.15, 0.2) is 0 Å². The molecule has 3 nitrogen and oxygen atoms in total. The van der Waals surface area contributed by atoms with Crippen molar-refractivity contribution in [1.29, 1.82) is 0 Å². The van der Waals surface area contributed by atoms with Crippen LogP contribution in [-0.2, 0) is 0 Å². The Morgan fingerprint density at radius 2 is 2.11 bits per heavy atom. The van der Waals surface area contributed by atoms with E-state index in [9.17, 15) is 4.39 Å². The Labute approximate surface area is 120 Å². The molecular formula is C14H15BrFN3. The lowest BCUT2D eigenvalue weighted by Gasteiger charge is -2.16. The summed E-state index contributed by atoms with van der Waals surface area (Å²) in [6, 6.07) is 5.41. The fourth-order valence-corrected chi connectivity index (χ4v) is 3.06. The number of rotatable bonds is 3. The van der Waals surface area contributed by atoms with Gasteiger partial charge in [-0.15, -0.1) is 0 Å². The molecule has 1 aliphatic rings. The van der Waals surface area contributed by atoms with Crippen LogP contribution in [0.4, 0.5) is 16.0 Å². The van der Waals surface area contributed by atoms with Gasteiger partial charge in [0, 0.05) is 22.9 Å². The van der Waals surface area contributed by atoms with Crippen molar-refractivity contribution in [2.75, 3.05) is 5.32 Å². The maximum Gasteiger partial charge on any atom is 0.207 e. The normalized spacial score (nSPS) is 15.9. The molecule has 1 fully saturated rings. The summed E-state index contributed by atoms with van der Waals surface area (Å²) in [5, 5.41) is 3.10. The first-order chi connectivity index (χ1) is 9.25. The fraction of sp³-hybridized carbons (Fsp3) is 0.357. The van der Waals surface area contributed by atoms with E-state index >= 15 is 0 Å². The van der Waals surface area contributed by atoms with Crippen LogP contribution in [0.5, 0.6) is 0 Å². The Morgan fingerprint density at radius 1 is 1.32 bits per heavy atom. The molecule has 0 unspecified atom stereocenters. The summed E-state index contributed by atoms with van der Waals surface area (Å²) < 4.78 is 16.6. The molecule has 2 aromatic rings. The standard InChI is InChI=1S/C14H15BrFN3/c15-11-6-3-7-12(16)13(11)18-14-17-8-9-19(14)10-4-1-2-5-10/h3,6-10H,1-2,4-5H2,(H,17,18). The topological polar surface area (TPSA) is 29.9 Å². The minimum atomic E-state index is -0.282. The molecule has 0 spiro atoms. The molecule has 0 bridgehead atoms. The van der Waals surface area contributed by atoms with E-state index in [4.69, 9.17) is 0 Å². The molecule has 1 aromatic heterocycles. The number of hydrogen-bond donors (Lipinski definition) is 1. The molecule has 0 saturated heterocycles. The minimum absolute atomic E-state index is 0.282. The number of imidazole rings is 1. The Bertz CT molecular complexity index is 556. The summed E-state index contributed by atoms with van der Waals surface area (Å²) in [5.74, 6) is 0.424. The number of nitrogens with zero attached hydrogens (tertiary/aromatic N) is 2. The zero-order valence-electron chi connectivity index (χ0n) is 10.4. The highest BCUT2D eigenvalue weighted by Crippen LogP contribution is 2.34. The first-order valence-corrected chi connectivity index (χ1v) is 7.29. The van der Waals surface area contributed by atoms with Gasteiger partial charge in [-0.2, -0.15) is 0 Å². The van der Waals surface area contributed by atoms with Crippen molar-refractivity contribution < 1.29 is 4.39 Å². The molecule has 1 aromatic carbocycles. The molecule has 1 saturated carbocycles. The molecule has 0 aliphatic heterocycles. The SMILES string of the molecule is Fc1cccc(Br)c1Nc1nccn1C1CCCC1. The number of benzene rings is 1. The monoisotopic (exact) mass is 323 g/mol. The molecule has 5 heteroatoms. The highest BCUT2D eigenvalue weighted by molar-refractivity contribution is 9.10. The second kappa shape index (κ2) is 5.33. The van der Waals surface area contributed by atoms with E-state index in [2.05, 4.69) is 30.8 Å². The average molecular weight is 324 g/mol. The van der Waals surface area contributed by atoms with E-state index in [0.29, 0.717) is 22.2 Å². The summed E-state index contributed by atoms with van der Waals surface area (Å²) >= 11 is 3.36. The fourth-order valence-electron chi connectivity index (χ4n) is 2.62. The lowest BCUT2D eigenvalue weighted by atomic mass is 10.2. The summed E-state index contributed by atoms with van der Waals surface area (Å²) in [7, 11) is 0. The Balaban J connectivity index is 1.89. The van der Waals surface area contributed by atoms with Gasteiger partial charge in [-0.3, -0.25) is 0 Å². The van der Waals surface area contributed by atoms with Crippen molar-refractivity contribution in [3.05, 3.63) is 40.9 Å². The largest absolute Gasteiger partial charge is 0.322 e. The van der Waals surface area contributed by atoms with E-state index in [1.165, 1.54) is 31.7 Å². The van der Waals surface area contributed by atoms with E-state index in [0.717, 1.165) is 0 Å². The maximum absolute atomic E-state index is 13.8. The second-order valence-electron chi connectivity index (χ2n) is 4.82. The molecular weight excluding hydrogens is 309 g/mol. The molecule has 0 atom stereocenters. The third-order valence-electron chi connectivity index (χ3n) is 3.59. The lowest BCUT2D eigenvalue weighted by Crippen LogP contribution is -2.08. The van der Waals surface area contributed by atoms with Crippen molar-refractivity contribution in [3.63, 3.8) is 0 Å². The smallest absolute Gasteiger partial charge is 0.207 e. The first kappa shape index (κ1) is 12.7. The number of aromatic nitrogens is 2. The van der Waals surface area contributed by atoms with Gasteiger partial charge >= 0.3 is 0 Å². The van der Waals surface area contributed by atoms with Gasteiger partial charge in [-0.05, 0) is 40.9 Å². The molecule has 0 radical (unpaired) electrons. The Hall–Kier alpha value is -1.36. The van der Waals surface area contributed by atoms with E-state index < -0.39 is 0 Å². The van der Waals surface area contributed by atoms with Gasteiger partial charge in [-0.1, -0.05) is 18.9 Å². The number of nitrogens with one attached hydrogen (secondary N) is 1. The number of hydrogen-bond acceptors (Lipinski definition) is 2. The third-order valence-corrected chi connectivity index (χ3v) is 4.25. The van der Waals surface area contributed by atoms with E-state index in [1.54, 1.807) is 12.3 Å². The predicted octanol–water partition coefficient (Wildman–Crippen LogP) is 4.64. The highest BCUT2D eigenvalue weighted by Gasteiger charge is 2.20. The van der Waals surface area contributed by atoms with Crippen LogP contribution in [0.15, 0.2) is 35.1 Å². The quantitative estimate of drug-likeness (QED) is 0.891. The van der Waals surface area contributed by atoms with Crippen molar-refractivity contribution in [3.8, 4) is 0 Å². The number of anilines is 2. The molecule has 100 valence electrons. The molecule has 1 heterocycles. The van der Waals surface area contributed by atoms with Gasteiger partial charge in [0.2, 0.25) is 5.95 Å². The minimum Gasteiger partial charge on any atom is -0.322 e. The molecule has 0 amide bonds. The Kier molecular flexibility index (Phi) is 3.55. The zero-order valence-corrected chi connectivity index (χ0v) is 12.0. The van der Waals surface area contributed by atoms with Crippen molar-refractivity contribution in [1.82, 2.24) is 9.55 Å². The third kappa shape index (κ3) is 2.52. The molecule has 1 aliphatic carbocycles.